The maximum atomic E-state index is 12.5. The van der Waals surface area contributed by atoms with Crippen LogP contribution in [-0.4, -0.2) is 34.5 Å². The van der Waals surface area contributed by atoms with Gasteiger partial charge in [0.05, 0.1) is 12.5 Å². The normalized spacial score (nSPS) is 29.2. The molecule has 3 heterocycles. The van der Waals surface area contributed by atoms with Crippen molar-refractivity contribution in [2.45, 2.75) is 50.5 Å². The average Bonchev–Trinajstić information content (AvgIpc) is 3.16. The molecule has 0 N–H and O–H groups in total. The fourth-order valence-corrected chi connectivity index (χ4v) is 4.30. The van der Waals surface area contributed by atoms with Gasteiger partial charge in [-0.05, 0) is 43.4 Å². The SMILES string of the molecule is O=C(OC12CCCN(C1)/C(=C/c1cccnc1)C2)C1CCCC1. The lowest BCUT2D eigenvalue weighted by Crippen LogP contribution is -2.43. The van der Waals surface area contributed by atoms with Gasteiger partial charge in [-0.1, -0.05) is 18.9 Å². The fourth-order valence-electron chi connectivity index (χ4n) is 4.30. The highest BCUT2D eigenvalue weighted by Gasteiger charge is 2.47. The maximum Gasteiger partial charge on any atom is 0.309 e. The molecule has 4 rings (SSSR count). The monoisotopic (exact) mass is 312 g/mol. The Kier molecular flexibility index (Phi) is 3.83. The lowest BCUT2D eigenvalue weighted by molar-refractivity contribution is -0.165. The average molecular weight is 312 g/mol. The molecule has 0 radical (unpaired) electrons. The van der Waals surface area contributed by atoms with Crippen molar-refractivity contribution in [1.82, 2.24) is 9.88 Å². The lowest BCUT2D eigenvalue weighted by atomic mass is 9.93. The number of pyridine rings is 1. The molecule has 0 aromatic carbocycles. The second-order valence-electron chi connectivity index (χ2n) is 7.21. The molecule has 3 fully saturated rings. The van der Waals surface area contributed by atoms with Crippen molar-refractivity contribution in [3.05, 3.63) is 35.8 Å². The Hall–Kier alpha value is -1.84. The van der Waals surface area contributed by atoms with Crippen molar-refractivity contribution in [3.8, 4) is 0 Å². The molecule has 122 valence electrons. The van der Waals surface area contributed by atoms with Gasteiger partial charge in [0.15, 0.2) is 0 Å². The minimum absolute atomic E-state index is 0.0481. The van der Waals surface area contributed by atoms with Gasteiger partial charge in [0.25, 0.3) is 0 Å². The maximum absolute atomic E-state index is 12.5. The van der Waals surface area contributed by atoms with E-state index < -0.39 is 0 Å². The Labute approximate surface area is 137 Å². The van der Waals surface area contributed by atoms with Crippen LogP contribution in [0.2, 0.25) is 0 Å². The third kappa shape index (κ3) is 2.99. The van der Waals surface area contributed by atoms with Crippen molar-refractivity contribution in [2.75, 3.05) is 13.1 Å². The smallest absolute Gasteiger partial charge is 0.309 e. The van der Waals surface area contributed by atoms with Crippen LogP contribution >= 0.6 is 0 Å². The molecule has 4 nitrogen and oxygen atoms in total. The van der Waals surface area contributed by atoms with Crippen molar-refractivity contribution in [3.63, 3.8) is 0 Å². The molecule has 23 heavy (non-hydrogen) atoms. The quantitative estimate of drug-likeness (QED) is 0.802. The minimum atomic E-state index is -0.286. The Morgan fingerprint density at radius 3 is 3.00 bits per heavy atom. The van der Waals surface area contributed by atoms with Gasteiger partial charge in [-0.15, -0.1) is 0 Å². The van der Waals surface area contributed by atoms with Crippen LogP contribution in [0.15, 0.2) is 30.2 Å². The number of fused-ring (bicyclic) bond motifs is 2. The number of rotatable bonds is 3. The number of ether oxygens (including phenoxy) is 1. The van der Waals surface area contributed by atoms with E-state index in [1.165, 1.54) is 18.5 Å². The number of hydrogen-bond acceptors (Lipinski definition) is 4. The molecule has 1 unspecified atom stereocenters. The van der Waals surface area contributed by atoms with Gasteiger partial charge in [-0.25, -0.2) is 0 Å². The molecule has 1 atom stereocenters. The van der Waals surface area contributed by atoms with Gasteiger partial charge in [0.2, 0.25) is 0 Å². The van der Waals surface area contributed by atoms with Crippen LogP contribution < -0.4 is 0 Å². The molecule has 2 bridgehead atoms. The third-order valence-electron chi connectivity index (χ3n) is 5.47. The Morgan fingerprint density at radius 2 is 2.22 bits per heavy atom. The van der Waals surface area contributed by atoms with Gasteiger partial charge < -0.3 is 9.64 Å². The van der Waals surface area contributed by atoms with Crippen LogP contribution in [0.4, 0.5) is 0 Å². The van der Waals surface area contributed by atoms with Gasteiger partial charge in [-0.3, -0.25) is 9.78 Å². The number of nitrogens with zero attached hydrogens (tertiary/aromatic N) is 2. The second kappa shape index (κ2) is 5.99. The van der Waals surface area contributed by atoms with E-state index in [-0.39, 0.29) is 17.5 Å². The molecule has 2 aliphatic heterocycles. The summed E-state index contributed by atoms with van der Waals surface area (Å²) in [6.07, 6.45) is 13.2. The van der Waals surface area contributed by atoms with E-state index in [1.54, 1.807) is 6.20 Å². The molecule has 4 heteroatoms. The largest absolute Gasteiger partial charge is 0.457 e. The molecule has 1 aliphatic carbocycles. The first-order valence-electron chi connectivity index (χ1n) is 8.83. The number of hydrogen-bond donors (Lipinski definition) is 0. The van der Waals surface area contributed by atoms with E-state index in [2.05, 4.69) is 22.0 Å². The number of esters is 1. The van der Waals surface area contributed by atoms with E-state index in [1.807, 2.05) is 12.3 Å². The zero-order chi connectivity index (χ0) is 15.7. The van der Waals surface area contributed by atoms with Crippen molar-refractivity contribution >= 4 is 12.0 Å². The van der Waals surface area contributed by atoms with Crippen LogP contribution in [-0.2, 0) is 9.53 Å². The van der Waals surface area contributed by atoms with Crippen LogP contribution in [0.3, 0.4) is 0 Å². The van der Waals surface area contributed by atoms with Crippen LogP contribution in [0.5, 0.6) is 0 Å². The molecule has 1 aromatic rings. The number of carbonyl (C=O) groups excluding carboxylic acids is 1. The molecule has 1 saturated carbocycles. The summed E-state index contributed by atoms with van der Waals surface area (Å²) in [6.45, 7) is 1.92. The Balaban J connectivity index is 1.51. The minimum Gasteiger partial charge on any atom is -0.457 e. The van der Waals surface area contributed by atoms with E-state index in [9.17, 15) is 4.79 Å². The lowest BCUT2D eigenvalue weighted by Gasteiger charge is -2.34. The summed E-state index contributed by atoms with van der Waals surface area (Å²) in [5.74, 6) is 0.193. The zero-order valence-electron chi connectivity index (χ0n) is 13.5. The summed E-state index contributed by atoms with van der Waals surface area (Å²) in [6, 6.07) is 4.03. The van der Waals surface area contributed by atoms with Crippen molar-refractivity contribution < 1.29 is 9.53 Å². The van der Waals surface area contributed by atoms with Crippen LogP contribution in [0.1, 0.15) is 50.5 Å². The standard InChI is InChI=1S/C19H24N2O2/c22-18(16-6-1-2-7-16)23-19-8-4-10-21(14-19)17(12-19)11-15-5-3-9-20-13-15/h3,5,9,11,13,16H,1-2,4,6-8,10,12,14H2/b17-11+. The third-order valence-corrected chi connectivity index (χ3v) is 5.47. The molecule has 1 aromatic heterocycles. The van der Waals surface area contributed by atoms with Crippen LogP contribution in [0, 0.1) is 5.92 Å². The predicted molar refractivity (Wildman–Crippen MR) is 88.4 cm³/mol. The number of aromatic nitrogens is 1. The highest BCUT2D eigenvalue weighted by atomic mass is 16.6. The highest BCUT2D eigenvalue weighted by molar-refractivity contribution is 5.73. The molecule has 0 amide bonds. The first-order valence-corrected chi connectivity index (χ1v) is 8.83. The summed E-state index contributed by atoms with van der Waals surface area (Å²) in [7, 11) is 0. The molecule has 2 saturated heterocycles. The predicted octanol–water partition coefficient (Wildman–Crippen LogP) is 3.39. The zero-order valence-corrected chi connectivity index (χ0v) is 13.5. The van der Waals surface area contributed by atoms with E-state index in [0.717, 1.165) is 50.8 Å². The summed E-state index contributed by atoms with van der Waals surface area (Å²) in [5, 5.41) is 0. The fraction of sp³-hybridized carbons (Fsp3) is 0.579. The van der Waals surface area contributed by atoms with Crippen molar-refractivity contribution in [2.24, 2.45) is 5.92 Å². The topological polar surface area (TPSA) is 42.4 Å². The Morgan fingerprint density at radius 1 is 1.35 bits per heavy atom. The van der Waals surface area contributed by atoms with Crippen molar-refractivity contribution in [1.29, 1.82) is 0 Å². The molecular weight excluding hydrogens is 288 g/mol. The number of carbonyl (C=O) groups is 1. The van der Waals surface area contributed by atoms with Gasteiger partial charge in [-0.2, -0.15) is 0 Å². The van der Waals surface area contributed by atoms with E-state index in [0.29, 0.717) is 0 Å². The summed E-state index contributed by atoms with van der Waals surface area (Å²) in [4.78, 5) is 19.1. The van der Waals surface area contributed by atoms with Crippen LogP contribution in [0.25, 0.3) is 6.08 Å². The second-order valence-corrected chi connectivity index (χ2v) is 7.21. The summed E-state index contributed by atoms with van der Waals surface area (Å²) in [5.41, 5.74) is 2.12. The molecular formula is C19H24N2O2. The Bertz CT molecular complexity index is 607. The highest BCUT2D eigenvalue weighted by Crippen LogP contribution is 2.42. The number of piperidine rings is 1. The van der Waals surface area contributed by atoms with Gasteiger partial charge in [0.1, 0.15) is 5.60 Å². The first-order chi connectivity index (χ1) is 11.2. The first kappa shape index (κ1) is 14.7. The summed E-state index contributed by atoms with van der Waals surface area (Å²) < 4.78 is 6.08. The summed E-state index contributed by atoms with van der Waals surface area (Å²) >= 11 is 0. The van der Waals surface area contributed by atoms with E-state index in [4.69, 9.17) is 4.74 Å². The van der Waals surface area contributed by atoms with Gasteiger partial charge >= 0.3 is 5.97 Å². The molecule has 0 spiro atoms. The molecule has 3 aliphatic rings. The van der Waals surface area contributed by atoms with E-state index >= 15 is 0 Å². The van der Waals surface area contributed by atoms with Gasteiger partial charge in [0, 0.05) is 31.1 Å².